The summed E-state index contributed by atoms with van der Waals surface area (Å²) in [4.78, 5) is 14.2. The lowest BCUT2D eigenvalue weighted by Gasteiger charge is -2.20. The van der Waals surface area contributed by atoms with Crippen molar-refractivity contribution in [2.24, 2.45) is 5.92 Å². The lowest BCUT2D eigenvalue weighted by atomic mass is 10.1. The molecule has 1 amide bonds. The highest BCUT2D eigenvalue weighted by molar-refractivity contribution is 6.30. The minimum atomic E-state index is -0.0233. The van der Waals surface area contributed by atoms with Crippen LogP contribution in [0.2, 0.25) is 5.02 Å². The van der Waals surface area contributed by atoms with E-state index in [4.69, 9.17) is 21.6 Å². The van der Waals surface area contributed by atoms with E-state index in [1.165, 1.54) is 10.5 Å². The van der Waals surface area contributed by atoms with Crippen LogP contribution in [0.1, 0.15) is 24.3 Å². The number of ether oxygens (including phenoxy) is 1. The van der Waals surface area contributed by atoms with Gasteiger partial charge in [-0.05, 0) is 60.2 Å². The fourth-order valence-electron chi connectivity index (χ4n) is 3.08. The van der Waals surface area contributed by atoms with Gasteiger partial charge < -0.3 is 4.74 Å². The Morgan fingerprint density at radius 2 is 1.92 bits per heavy atom. The van der Waals surface area contributed by atoms with Crippen molar-refractivity contribution in [3.8, 4) is 11.8 Å². The zero-order valence-corrected chi connectivity index (χ0v) is 14.7. The highest BCUT2D eigenvalue weighted by atomic mass is 35.5. The fourth-order valence-corrected chi connectivity index (χ4v) is 3.21. The van der Waals surface area contributed by atoms with Gasteiger partial charge in [0, 0.05) is 17.1 Å². The molecule has 0 aliphatic heterocycles. The van der Waals surface area contributed by atoms with Gasteiger partial charge in [-0.15, -0.1) is 0 Å². The van der Waals surface area contributed by atoms with Gasteiger partial charge in [0.2, 0.25) is 5.91 Å². The molecule has 0 aromatic heterocycles. The lowest BCUT2D eigenvalue weighted by molar-refractivity contribution is -0.118. The number of amides is 1. The molecule has 0 bridgehead atoms. The van der Waals surface area contributed by atoms with Gasteiger partial charge in [-0.25, -0.2) is 0 Å². The standard InChI is InChI=1S/C20H19ClN2O2/c1-25-18-8-2-14(3-9-18)19-12-15(19)13-20(24)23(11-10-22)17-6-4-16(21)5-7-17/h2-9,15,19H,11-13H2,1H3/t15-,19-/m0/s1. The summed E-state index contributed by atoms with van der Waals surface area (Å²) in [6.45, 7) is 0.0421. The van der Waals surface area contributed by atoms with E-state index in [1.54, 1.807) is 31.4 Å². The Morgan fingerprint density at radius 3 is 2.52 bits per heavy atom. The third kappa shape index (κ3) is 4.12. The Kier molecular flexibility index (Phi) is 5.25. The first-order valence-corrected chi connectivity index (χ1v) is 8.57. The number of hydrogen-bond acceptors (Lipinski definition) is 3. The summed E-state index contributed by atoms with van der Waals surface area (Å²) in [7, 11) is 1.65. The van der Waals surface area contributed by atoms with Crippen LogP contribution in [-0.4, -0.2) is 19.6 Å². The zero-order chi connectivity index (χ0) is 17.8. The number of nitrogens with zero attached hydrogens (tertiary/aromatic N) is 2. The van der Waals surface area contributed by atoms with Gasteiger partial charge in [0.15, 0.2) is 0 Å². The predicted octanol–water partition coefficient (Wildman–Crippen LogP) is 4.40. The molecule has 0 spiro atoms. The van der Waals surface area contributed by atoms with Crippen molar-refractivity contribution >= 4 is 23.2 Å². The summed E-state index contributed by atoms with van der Waals surface area (Å²) >= 11 is 5.90. The fraction of sp³-hybridized carbons (Fsp3) is 0.300. The van der Waals surface area contributed by atoms with E-state index in [2.05, 4.69) is 18.2 Å². The molecule has 1 aliphatic carbocycles. The van der Waals surface area contributed by atoms with Crippen LogP contribution in [0.15, 0.2) is 48.5 Å². The minimum absolute atomic E-state index is 0.0233. The van der Waals surface area contributed by atoms with Crippen LogP contribution in [0, 0.1) is 17.2 Å². The molecule has 0 heterocycles. The Balaban J connectivity index is 1.64. The highest BCUT2D eigenvalue weighted by Gasteiger charge is 2.40. The molecule has 0 unspecified atom stereocenters. The van der Waals surface area contributed by atoms with E-state index in [9.17, 15) is 4.79 Å². The molecular weight excluding hydrogens is 336 g/mol. The van der Waals surface area contributed by atoms with E-state index in [0.717, 1.165) is 12.2 Å². The van der Waals surface area contributed by atoms with Crippen molar-refractivity contribution < 1.29 is 9.53 Å². The number of rotatable bonds is 6. The predicted molar refractivity (Wildman–Crippen MR) is 97.9 cm³/mol. The van der Waals surface area contributed by atoms with Crippen molar-refractivity contribution in [1.29, 1.82) is 5.26 Å². The number of benzene rings is 2. The van der Waals surface area contributed by atoms with Crippen LogP contribution in [0.25, 0.3) is 0 Å². The molecule has 1 saturated carbocycles. The van der Waals surface area contributed by atoms with Crippen LogP contribution < -0.4 is 9.64 Å². The maximum atomic E-state index is 12.7. The summed E-state index contributed by atoms with van der Waals surface area (Å²) < 4.78 is 5.18. The van der Waals surface area contributed by atoms with Gasteiger partial charge in [-0.2, -0.15) is 5.26 Å². The van der Waals surface area contributed by atoms with Gasteiger partial charge in [-0.3, -0.25) is 9.69 Å². The largest absolute Gasteiger partial charge is 0.497 e. The second-order valence-corrected chi connectivity index (χ2v) is 6.63. The monoisotopic (exact) mass is 354 g/mol. The molecule has 1 fully saturated rings. The van der Waals surface area contributed by atoms with Crippen molar-refractivity contribution in [2.45, 2.75) is 18.8 Å². The van der Waals surface area contributed by atoms with E-state index in [0.29, 0.717) is 29.0 Å². The number of carbonyl (C=O) groups excluding carboxylic acids is 1. The Bertz CT molecular complexity index is 781. The zero-order valence-electron chi connectivity index (χ0n) is 14.0. The van der Waals surface area contributed by atoms with Crippen molar-refractivity contribution in [1.82, 2.24) is 0 Å². The third-order valence-corrected chi connectivity index (χ3v) is 4.82. The normalized spacial score (nSPS) is 18.3. The number of hydrogen-bond donors (Lipinski definition) is 0. The first-order chi connectivity index (χ1) is 12.1. The lowest BCUT2D eigenvalue weighted by Crippen LogP contribution is -2.31. The molecule has 0 saturated heterocycles. The highest BCUT2D eigenvalue weighted by Crippen LogP contribution is 2.50. The molecule has 0 N–H and O–H groups in total. The maximum Gasteiger partial charge on any atom is 0.228 e. The molecule has 128 valence electrons. The molecule has 1 aliphatic rings. The molecule has 2 atom stereocenters. The van der Waals surface area contributed by atoms with Crippen LogP contribution >= 0.6 is 11.6 Å². The second kappa shape index (κ2) is 7.58. The van der Waals surface area contributed by atoms with Crippen molar-refractivity contribution in [3.05, 3.63) is 59.1 Å². The quantitative estimate of drug-likeness (QED) is 0.722. The van der Waals surface area contributed by atoms with Crippen molar-refractivity contribution in [3.63, 3.8) is 0 Å². The molecule has 2 aromatic carbocycles. The summed E-state index contributed by atoms with van der Waals surface area (Å²) in [5.74, 6) is 1.54. The molecule has 4 nitrogen and oxygen atoms in total. The van der Waals surface area contributed by atoms with E-state index in [1.807, 2.05) is 12.1 Å². The van der Waals surface area contributed by atoms with Gasteiger partial charge in [0.05, 0.1) is 13.2 Å². The Morgan fingerprint density at radius 1 is 1.24 bits per heavy atom. The topological polar surface area (TPSA) is 53.3 Å². The summed E-state index contributed by atoms with van der Waals surface area (Å²) in [5, 5.41) is 9.66. The SMILES string of the molecule is COc1ccc([C@@H]2C[C@H]2CC(=O)N(CC#N)c2ccc(Cl)cc2)cc1. The number of carbonyl (C=O) groups is 1. The third-order valence-electron chi connectivity index (χ3n) is 4.57. The number of methoxy groups -OCH3 is 1. The average molecular weight is 355 g/mol. The molecule has 0 radical (unpaired) electrons. The van der Waals surface area contributed by atoms with Gasteiger partial charge in [0.25, 0.3) is 0 Å². The Hall–Kier alpha value is -2.51. The average Bonchev–Trinajstić information content (AvgIpc) is 3.39. The number of halogens is 1. The number of nitriles is 1. The van der Waals surface area contributed by atoms with Crippen molar-refractivity contribution in [2.75, 3.05) is 18.6 Å². The second-order valence-electron chi connectivity index (χ2n) is 6.19. The maximum absolute atomic E-state index is 12.7. The molecule has 5 heteroatoms. The summed E-state index contributed by atoms with van der Waals surface area (Å²) in [5.41, 5.74) is 1.94. The van der Waals surface area contributed by atoms with Crippen LogP contribution in [0.3, 0.4) is 0 Å². The van der Waals surface area contributed by atoms with Crippen LogP contribution in [0.5, 0.6) is 5.75 Å². The smallest absolute Gasteiger partial charge is 0.228 e. The van der Waals surface area contributed by atoms with E-state index < -0.39 is 0 Å². The van der Waals surface area contributed by atoms with Crippen LogP contribution in [0.4, 0.5) is 5.69 Å². The summed E-state index contributed by atoms with van der Waals surface area (Å²) in [6, 6.07) is 17.1. The van der Waals surface area contributed by atoms with E-state index in [-0.39, 0.29) is 12.5 Å². The Labute approximate surface area is 152 Å². The molecule has 2 aromatic rings. The summed E-state index contributed by atoms with van der Waals surface area (Å²) in [6.07, 6.45) is 1.44. The first-order valence-electron chi connectivity index (χ1n) is 8.19. The molecule has 25 heavy (non-hydrogen) atoms. The minimum Gasteiger partial charge on any atom is -0.497 e. The van der Waals surface area contributed by atoms with E-state index >= 15 is 0 Å². The van der Waals surface area contributed by atoms with Gasteiger partial charge >= 0.3 is 0 Å². The van der Waals surface area contributed by atoms with Gasteiger partial charge in [0.1, 0.15) is 12.3 Å². The first kappa shape index (κ1) is 17.3. The number of anilines is 1. The molecule has 3 rings (SSSR count). The van der Waals surface area contributed by atoms with Gasteiger partial charge in [-0.1, -0.05) is 23.7 Å². The van der Waals surface area contributed by atoms with Crippen LogP contribution in [-0.2, 0) is 4.79 Å². The molecular formula is C20H19ClN2O2.